The molecule has 2 aromatic rings. The van der Waals surface area contributed by atoms with Crippen molar-refractivity contribution < 1.29 is 9.47 Å². The molecule has 1 aromatic carbocycles. The van der Waals surface area contributed by atoms with Crippen LogP contribution in [0.4, 0.5) is 0 Å². The van der Waals surface area contributed by atoms with E-state index in [2.05, 4.69) is 20.9 Å². The van der Waals surface area contributed by atoms with Gasteiger partial charge in [0.15, 0.2) is 0 Å². The summed E-state index contributed by atoms with van der Waals surface area (Å²) in [6.07, 6.45) is 1.52. The smallest absolute Gasteiger partial charge is 0.145 e. The molecule has 5 nitrogen and oxygen atoms in total. The second-order valence-corrected chi connectivity index (χ2v) is 4.55. The van der Waals surface area contributed by atoms with Crippen molar-refractivity contribution in [2.45, 2.75) is 0 Å². The molecule has 0 aliphatic rings. The number of methoxy groups -OCH3 is 1. The van der Waals surface area contributed by atoms with Crippen molar-refractivity contribution in [2.75, 3.05) is 7.11 Å². The number of hydrogen-bond donors (Lipinski definition) is 2. The van der Waals surface area contributed by atoms with Gasteiger partial charge in [-0.3, -0.25) is 5.41 Å². The highest BCUT2D eigenvalue weighted by molar-refractivity contribution is 9.10. The highest BCUT2D eigenvalue weighted by atomic mass is 79.9. The standard InChI is InChI=1S/C13H12BrN3O2/c1-18-8-3-5-12(10(14)6-8)19-9-2-4-11(13(15)16)17-7-9/h2-7H,1H3,(H3,15,16). The zero-order valence-electron chi connectivity index (χ0n) is 10.2. The Hall–Kier alpha value is -2.08. The van der Waals surface area contributed by atoms with E-state index < -0.39 is 0 Å². The molecule has 0 saturated carbocycles. The first-order chi connectivity index (χ1) is 9.10. The fourth-order valence-electron chi connectivity index (χ4n) is 1.42. The van der Waals surface area contributed by atoms with Gasteiger partial charge in [-0.05, 0) is 46.3 Å². The van der Waals surface area contributed by atoms with Crippen LogP contribution in [0.15, 0.2) is 41.0 Å². The van der Waals surface area contributed by atoms with Gasteiger partial charge < -0.3 is 15.2 Å². The van der Waals surface area contributed by atoms with Crippen LogP contribution in [0.25, 0.3) is 0 Å². The molecule has 6 heteroatoms. The Kier molecular flexibility index (Phi) is 4.01. The van der Waals surface area contributed by atoms with Crippen molar-refractivity contribution in [3.63, 3.8) is 0 Å². The first-order valence-corrected chi connectivity index (χ1v) is 6.21. The van der Waals surface area contributed by atoms with E-state index >= 15 is 0 Å². The van der Waals surface area contributed by atoms with Crippen molar-refractivity contribution in [1.29, 1.82) is 5.41 Å². The summed E-state index contributed by atoms with van der Waals surface area (Å²) in [5.41, 5.74) is 5.75. The quantitative estimate of drug-likeness (QED) is 0.670. The molecule has 0 amide bonds. The first-order valence-electron chi connectivity index (χ1n) is 5.42. The van der Waals surface area contributed by atoms with Crippen molar-refractivity contribution in [2.24, 2.45) is 5.73 Å². The Morgan fingerprint density at radius 2 is 2.00 bits per heavy atom. The second kappa shape index (κ2) is 5.71. The minimum atomic E-state index is -0.0721. The number of benzene rings is 1. The summed E-state index contributed by atoms with van der Waals surface area (Å²) in [5.74, 6) is 1.88. The van der Waals surface area contributed by atoms with Crippen molar-refractivity contribution in [1.82, 2.24) is 4.98 Å². The first kappa shape index (κ1) is 13.4. The number of nitrogens with zero attached hydrogens (tertiary/aromatic N) is 1. The normalized spacial score (nSPS) is 10.0. The van der Waals surface area contributed by atoms with Gasteiger partial charge in [0.1, 0.15) is 28.8 Å². The van der Waals surface area contributed by atoms with Crippen LogP contribution in [-0.2, 0) is 0 Å². The third-order valence-corrected chi connectivity index (χ3v) is 3.00. The monoisotopic (exact) mass is 321 g/mol. The van der Waals surface area contributed by atoms with Gasteiger partial charge in [0.25, 0.3) is 0 Å². The van der Waals surface area contributed by atoms with E-state index in [1.54, 1.807) is 31.4 Å². The summed E-state index contributed by atoms with van der Waals surface area (Å²) >= 11 is 3.40. The van der Waals surface area contributed by atoms with Crippen LogP contribution in [0.1, 0.15) is 5.69 Å². The summed E-state index contributed by atoms with van der Waals surface area (Å²) in [4.78, 5) is 4.02. The lowest BCUT2D eigenvalue weighted by atomic mass is 10.3. The number of rotatable bonds is 4. The average Bonchev–Trinajstić information content (AvgIpc) is 2.41. The maximum Gasteiger partial charge on any atom is 0.145 e. The Labute approximate surface area is 119 Å². The fraction of sp³-hybridized carbons (Fsp3) is 0.0769. The number of amidine groups is 1. The van der Waals surface area contributed by atoms with Crippen LogP contribution >= 0.6 is 15.9 Å². The molecule has 0 saturated heterocycles. The van der Waals surface area contributed by atoms with E-state index in [0.717, 1.165) is 10.2 Å². The van der Waals surface area contributed by atoms with E-state index in [4.69, 9.17) is 20.6 Å². The minimum Gasteiger partial charge on any atom is -0.497 e. The molecule has 0 aliphatic carbocycles. The second-order valence-electron chi connectivity index (χ2n) is 3.69. The van der Waals surface area contributed by atoms with E-state index in [-0.39, 0.29) is 5.84 Å². The zero-order chi connectivity index (χ0) is 13.8. The van der Waals surface area contributed by atoms with Gasteiger partial charge in [-0.2, -0.15) is 0 Å². The largest absolute Gasteiger partial charge is 0.497 e. The van der Waals surface area contributed by atoms with Crippen LogP contribution in [0.5, 0.6) is 17.2 Å². The van der Waals surface area contributed by atoms with Gasteiger partial charge in [0.2, 0.25) is 0 Å². The molecule has 19 heavy (non-hydrogen) atoms. The summed E-state index contributed by atoms with van der Waals surface area (Å²) in [6, 6.07) is 8.75. The Balaban J connectivity index is 2.19. The van der Waals surface area contributed by atoms with E-state index in [1.807, 2.05) is 6.07 Å². The molecule has 0 spiro atoms. The molecule has 0 unspecified atom stereocenters. The molecule has 1 aromatic heterocycles. The van der Waals surface area contributed by atoms with Crippen LogP contribution in [-0.4, -0.2) is 17.9 Å². The number of nitrogens with one attached hydrogen (secondary N) is 1. The molecule has 0 fully saturated rings. The topological polar surface area (TPSA) is 81.2 Å². The highest BCUT2D eigenvalue weighted by Gasteiger charge is 2.05. The van der Waals surface area contributed by atoms with Crippen molar-refractivity contribution in [3.05, 3.63) is 46.7 Å². The third-order valence-electron chi connectivity index (χ3n) is 2.38. The molecular formula is C13H12BrN3O2. The van der Waals surface area contributed by atoms with Gasteiger partial charge in [0, 0.05) is 0 Å². The van der Waals surface area contributed by atoms with Crippen LogP contribution in [0, 0.1) is 5.41 Å². The predicted octanol–water partition coefficient (Wildman–Crippen LogP) is 2.93. The predicted molar refractivity (Wildman–Crippen MR) is 76.0 cm³/mol. The van der Waals surface area contributed by atoms with E-state index in [0.29, 0.717) is 17.2 Å². The van der Waals surface area contributed by atoms with Crippen LogP contribution in [0.2, 0.25) is 0 Å². The van der Waals surface area contributed by atoms with Gasteiger partial charge in [0.05, 0.1) is 17.8 Å². The van der Waals surface area contributed by atoms with E-state index in [9.17, 15) is 0 Å². The average molecular weight is 322 g/mol. The van der Waals surface area contributed by atoms with Crippen LogP contribution < -0.4 is 15.2 Å². The third kappa shape index (κ3) is 3.23. The lowest BCUT2D eigenvalue weighted by molar-refractivity contribution is 0.412. The van der Waals surface area contributed by atoms with Crippen molar-refractivity contribution in [3.8, 4) is 17.2 Å². The van der Waals surface area contributed by atoms with Gasteiger partial charge >= 0.3 is 0 Å². The summed E-state index contributed by atoms with van der Waals surface area (Å²) in [7, 11) is 1.60. The molecular weight excluding hydrogens is 310 g/mol. The Bertz CT molecular complexity index is 599. The molecule has 2 rings (SSSR count). The number of nitrogens with two attached hydrogens (primary N) is 1. The Morgan fingerprint density at radius 3 is 2.53 bits per heavy atom. The number of hydrogen-bond acceptors (Lipinski definition) is 4. The van der Waals surface area contributed by atoms with Gasteiger partial charge in [-0.15, -0.1) is 0 Å². The molecule has 1 heterocycles. The summed E-state index contributed by atoms with van der Waals surface area (Å²) in [5, 5.41) is 7.26. The van der Waals surface area contributed by atoms with E-state index in [1.165, 1.54) is 6.20 Å². The fourth-order valence-corrected chi connectivity index (χ4v) is 1.86. The molecule has 0 bridgehead atoms. The Morgan fingerprint density at radius 1 is 1.26 bits per heavy atom. The van der Waals surface area contributed by atoms with Gasteiger partial charge in [-0.1, -0.05) is 0 Å². The molecule has 0 radical (unpaired) electrons. The molecule has 0 atom stereocenters. The van der Waals surface area contributed by atoms with Gasteiger partial charge in [-0.25, -0.2) is 4.98 Å². The summed E-state index contributed by atoms with van der Waals surface area (Å²) in [6.45, 7) is 0. The van der Waals surface area contributed by atoms with Crippen molar-refractivity contribution >= 4 is 21.8 Å². The number of nitrogen functional groups attached to an aromatic ring is 1. The number of ether oxygens (including phenoxy) is 2. The SMILES string of the molecule is COc1ccc(Oc2ccc(C(=N)N)nc2)c(Br)c1. The maximum atomic E-state index is 7.26. The highest BCUT2D eigenvalue weighted by Crippen LogP contribution is 2.32. The number of aromatic nitrogens is 1. The lowest BCUT2D eigenvalue weighted by Gasteiger charge is -2.09. The summed E-state index contributed by atoms with van der Waals surface area (Å²) < 4.78 is 11.6. The maximum absolute atomic E-state index is 7.26. The number of halogens is 1. The molecule has 98 valence electrons. The van der Waals surface area contributed by atoms with Crippen LogP contribution in [0.3, 0.4) is 0 Å². The number of pyridine rings is 1. The zero-order valence-corrected chi connectivity index (χ0v) is 11.8. The minimum absolute atomic E-state index is 0.0721. The molecule has 0 aliphatic heterocycles. The molecule has 3 N–H and O–H groups in total. The lowest BCUT2D eigenvalue weighted by Crippen LogP contribution is -2.12.